The Balaban J connectivity index is 2.42. The summed E-state index contributed by atoms with van der Waals surface area (Å²) in [5.74, 6) is -0.663. The number of amides is 2. The van der Waals surface area contributed by atoms with E-state index in [4.69, 9.17) is 0 Å². The second kappa shape index (κ2) is 11.8. The van der Waals surface area contributed by atoms with Gasteiger partial charge in [0.15, 0.2) is 0 Å². The summed E-state index contributed by atoms with van der Waals surface area (Å²) >= 11 is 0. The van der Waals surface area contributed by atoms with Crippen LogP contribution in [0, 0.1) is 13.8 Å². The van der Waals surface area contributed by atoms with Crippen molar-refractivity contribution < 1.29 is 18.0 Å². The number of aryl methyl sites for hydroxylation is 2. The number of anilines is 1. The number of carbonyl (C=O) groups excluding carboxylic acids is 2. The average molecular weight is 474 g/mol. The highest BCUT2D eigenvalue weighted by atomic mass is 32.2. The maximum atomic E-state index is 13.6. The van der Waals surface area contributed by atoms with Crippen LogP contribution in [0.1, 0.15) is 43.4 Å². The molecule has 2 amide bonds. The number of carbonyl (C=O) groups is 2. The fraction of sp³-hybridized carbons (Fsp3) is 0.440. The molecule has 1 N–H and O–H groups in total. The van der Waals surface area contributed by atoms with Gasteiger partial charge < -0.3 is 10.2 Å². The lowest BCUT2D eigenvalue weighted by Gasteiger charge is -2.33. The summed E-state index contributed by atoms with van der Waals surface area (Å²) in [6.45, 7) is 7.98. The predicted octanol–water partition coefficient (Wildman–Crippen LogP) is 3.40. The van der Waals surface area contributed by atoms with E-state index in [0.29, 0.717) is 18.7 Å². The number of sulfonamides is 1. The molecule has 1 atom stereocenters. The smallest absolute Gasteiger partial charge is 0.244 e. The van der Waals surface area contributed by atoms with Gasteiger partial charge in [0, 0.05) is 13.1 Å². The van der Waals surface area contributed by atoms with Crippen LogP contribution in [-0.2, 0) is 26.2 Å². The van der Waals surface area contributed by atoms with Crippen LogP contribution in [0.15, 0.2) is 48.5 Å². The molecule has 0 spiro atoms. The number of nitrogens with zero attached hydrogens (tertiary/aromatic N) is 2. The van der Waals surface area contributed by atoms with Crippen molar-refractivity contribution in [2.24, 2.45) is 0 Å². The minimum absolute atomic E-state index is 0.212. The maximum Gasteiger partial charge on any atom is 0.244 e. The molecule has 2 rings (SSSR count). The first-order chi connectivity index (χ1) is 15.6. The van der Waals surface area contributed by atoms with E-state index in [9.17, 15) is 18.0 Å². The molecule has 180 valence electrons. The summed E-state index contributed by atoms with van der Waals surface area (Å²) in [4.78, 5) is 28.0. The fourth-order valence-corrected chi connectivity index (χ4v) is 4.53. The Morgan fingerprint density at radius 3 is 2.18 bits per heavy atom. The molecular formula is C25H35N3O4S. The predicted molar refractivity (Wildman–Crippen MR) is 132 cm³/mol. The number of hydrogen-bond donors (Lipinski definition) is 1. The molecule has 0 fully saturated rings. The summed E-state index contributed by atoms with van der Waals surface area (Å²) in [5, 5.41) is 2.87. The summed E-state index contributed by atoms with van der Waals surface area (Å²) in [5.41, 5.74) is 3.23. The van der Waals surface area contributed by atoms with Crippen LogP contribution in [0.2, 0.25) is 0 Å². The summed E-state index contributed by atoms with van der Waals surface area (Å²) in [6.07, 6.45) is 2.28. The van der Waals surface area contributed by atoms with Gasteiger partial charge in [-0.25, -0.2) is 8.42 Å². The molecule has 0 aliphatic rings. The van der Waals surface area contributed by atoms with Crippen LogP contribution < -0.4 is 9.62 Å². The normalized spacial score (nSPS) is 12.2. The number of benzene rings is 2. The lowest BCUT2D eigenvalue weighted by atomic mass is 10.1. The molecule has 0 aromatic heterocycles. The molecule has 0 aliphatic carbocycles. The second-order valence-corrected chi connectivity index (χ2v) is 10.2. The Kier molecular flexibility index (Phi) is 9.46. The molecule has 0 heterocycles. The van der Waals surface area contributed by atoms with Crippen LogP contribution in [0.3, 0.4) is 0 Å². The van der Waals surface area contributed by atoms with Gasteiger partial charge in [-0.1, -0.05) is 55.8 Å². The monoisotopic (exact) mass is 473 g/mol. The third-order valence-corrected chi connectivity index (χ3v) is 6.48. The Bertz CT molecular complexity index is 1070. The van der Waals surface area contributed by atoms with Gasteiger partial charge >= 0.3 is 0 Å². The van der Waals surface area contributed by atoms with Crippen molar-refractivity contribution in [3.63, 3.8) is 0 Å². The van der Waals surface area contributed by atoms with E-state index in [2.05, 4.69) is 5.32 Å². The molecule has 33 heavy (non-hydrogen) atoms. The van der Waals surface area contributed by atoms with Gasteiger partial charge in [0.2, 0.25) is 21.8 Å². The minimum atomic E-state index is -3.72. The molecule has 0 aliphatic heterocycles. The molecule has 8 heteroatoms. The van der Waals surface area contributed by atoms with Crippen molar-refractivity contribution in [2.45, 2.75) is 53.1 Å². The molecule has 0 saturated heterocycles. The Morgan fingerprint density at radius 1 is 1.00 bits per heavy atom. The van der Waals surface area contributed by atoms with Gasteiger partial charge in [-0.15, -0.1) is 0 Å². The van der Waals surface area contributed by atoms with E-state index < -0.39 is 22.0 Å². The van der Waals surface area contributed by atoms with Crippen molar-refractivity contribution in [2.75, 3.05) is 23.7 Å². The zero-order valence-corrected chi connectivity index (χ0v) is 21.0. The third kappa shape index (κ3) is 7.60. The van der Waals surface area contributed by atoms with Crippen LogP contribution in [0.4, 0.5) is 5.69 Å². The standard InChI is InChI=1S/C25H35N3O4S/c1-6-14-26-25(30)23(7-2)27(17-21-12-8-10-19(3)15-21)24(29)18-28(33(5,31)32)22-13-9-11-20(4)16-22/h8-13,15-16,23H,6-7,14,17-18H2,1-5H3,(H,26,30)/t23-/m0/s1. The maximum absolute atomic E-state index is 13.6. The molecule has 2 aromatic carbocycles. The number of hydrogen-bond acceptors (Lipinski definition) is 4. The number of nitrogens with one attached hydrogen (secondary N) is 1. The first-order valence-electron chi connectivity index (χ1n) is 11.2. The number of rotatable bonds is 11. The van der Waals surface area contributed by atoms with E-state index in [1.54, 1.807) is 18.2 Å². The second-order valence-electron chi connectivity index (χ2n) is 8.33. The molecule has 0 radical (unpaired) electrons. The van der Waals surface area contributed by atoms with E-state index in [0.717, 1.165) is 33.7 Å². The molecule has 7 nitrogen and oxygen atoms in total. The van der Waals surface area contributed by atoms with Crippen molar-refractivity contribution >= 4 is 27.5 Å². The van der Waals surface area contributed by atoms with E-state index in [-0.39, 0.29) is 19.0 Å². The van der Waals surface area contributed by atoms with E-state index >= 15 is 0 Å². The van der Waals surface area contributed by atoms with Crippen molar-refractivity contribution in [1.82, 2.24) is 10.2 Å². The Labute approximate surface area is 197 Å². The highest BCUT2D eigenvalue weighted by Gasteiger charge is 2.31. The van der Waals surface area contributed by atoms with E-state index in [1.165, 1.54) is 4.90 Å². The lowest BCUT2D eigenvalue weighted by molar-refractivity contribution is -0.140. The molecule has 2 aromatic rings. The molecule has 0 bridgehead atoms. The van der Waals surface area contributed by atoms with Crippen molar-refractivity contribution in [3.05, 3.63) is 65.2 Å². The van der Waals surface area contributed by atoms with Gasteiger partial charge in [0.1, 0.15) is 12.6 Å². The Hall–Kier alpha value is -2.87. The van der Waals surface area contributed by atoms with Gasteiger partial charge in [0.25, 0.3) is 0 Å². The highest BCUT2D eigenvalue weighted by Crippen LogP contribution is 2.21. The van der Waals surface area contributed by atoms with E-state index in [1.807, 2.05) is 58.0 Å². The fourth-order valence-electron chi connectivity index (χ4n) is 3.69. The highest BCUT2D eigenvalue weighted by molar-refractivity contribution is 7.92. The van der Waals surface area contributed by atoms with Gasteiger partial charge in [-0.05, 0) is 49.9 Å². The van der Waals surface area contributed by atoms with Crippen LogP contribution in [-0.4, -0.2) is 50.5 Å². The Morgan fingerprint density at radius 2 is 1.64 bits per heavy atom. The summed E-state index contributed by atoms with van der Waals surface area (Å²) in [7, 11) is -3.72. The first-order valence-corrected chi connectivity index (χ1v) is 13.1. The zero-order chi connectivity index (χ0) is 24.6. The molecule has 0 unspecified atom stereocenters. The van der Waals surface area contributed by atoms with Crippen LogP contribution >= 0.6 is 0 Å². The van der Waals surface area contributed by atoms with Crippen molar-refractivity contribution in [1.29, 1.82) is 0 Å². The topological polar surface area (TPSA) is 86.8 Å². The SMILES string of the molecule is CCCNC(=O)[C@H](CC)N(Cc1cccc(C)c1)C(=O)CN(c1cccc(C)c1)S(C)(=O)=O. The van der Waals surface area contributed by atoms with Gasteiger partial charge in [-0.3, -0.25) is 13.9 Å². The first kappa shape index (κ1) is 26.4. The third-order valence-electron chi connectivity index (χ3n) is 5.34. The summed E-state index contributed by atoms with van der Waals surface area (Å²) < 4.78 is 26.3. The quantitative estimate of drug-likeness (QED) is 0.542. The molecule has 0 saturated carbocycles. The van der Waals surface area contributed by atoms with Gasteiger partial charge in [-0.2, -0.15) is 0 Å². The van der Waals surface area contributed by atoms with Crippen molar-refractivity contribution in [3.8, 4) is 0 Å². The van der Waals surface area contributed by atoms with Crippen LogP contribution in [0.5, 0.6) is 0 Å². The minimum Gasteiger partial charge on any atom is -0.354 e. The average Bonchev–Trinajstić information content (AvgIpc) is 2.74. The van der Waals surface area contributed by atoms with Crippen LogP contribution in [0.25, 0.3) is 0 Å². The summed E-state index contributed by atoms with van der Waals surface area (Å²) in [6, 6.07) is 14.0. The zero-order valence-electron chi connectivity index (χ0n) is 20.2. The molecular weight excluding hydrogens is 438 g/mol. The van der Waals surface area contributed by atoms with Gasteiger partial charge in [0.05, 0.1) is 11.9 Å². The largest absolute Gasteiger partial charge is 0.354 e. The lowest BCUT2D eigenvalue weighted by Crippen LogP contribution is -2.52.